The number of carboxylic acid groups (broad SMARTS) is 1. The van der Waals surface area contributed by atoms with Gasteiger partial charge in [0.05, 0.1) is 13.2 Å². The summed E-state index contributed by atoms with van der Waals surface area (Å²) in [5, 5.41) is 17.8. The summed E-state index contributed by atoms with van der Waals surface area (Å²) < 4.78 is 0. The second kappa shape index (κ2) is 8.76. The highest BCUT2D eigenvalue weighted by atomic mass is 16.4. The maximum Gasteiger partial charge on any atom is 0.320 e. The molecule has 1 saturated heterocycles. The van der Waals surface area contributed by atoms with Gasteiger partial charge >= 0.3 is 12.0 Å². The number of amides is 2. The van der Waals surface area contributed by atoms with E-state index in [4.69, 9.17) is 10.2 Å². The second-order valence-corrected chi connectivity index (χ2v) is 5.00. The van der Waals surface area contributed by atoms with Gasteiger partial charge in [0.15, 0.2) is 0 Å². The molecular weight excluding hydrogens is 262 g/mol. The lowest BCUT2D eigenvalue weighted by Crippen LogP contribution is -2.46. The first-order chi connectivity index (χ1) is 9.58. The molecule has 0 aromatic heterocycles. The maximum absolute atomic E-state index is 12.4. The molecule has 0 bridgehead atoms. The van der Waals surface area contributed by atoms with Gasteiger partial charge in [-0.2, -0.15) is 0 Å². The first-order valence-electron chi connectivity index (χ1n) is 7.17. The summed E-state index contributed by atoms with van der Waals surface area (Å²) in [5.74, 6) is -0.835. The molecule has 1 aliphatic heterocycles. The highest BCUT2D eigenvalue weighted by Crippen LogP contribution is 2.07. The minimum atomic E-state index is -0.835. The van der Waals surface area contributed by atoms with Gasteiger partial charge in [-0.05, 0) is 12.8 Å². The fraction of sp³-hybridized carbons (Fsp3) is 0.846. The summed E-state index contributed by atoms with van der Waals surface area (Å²) in [6.45, 7) is 5.42. The van der Waals surface area contributed by atoms with Crippen molar-refractivity contribution in [2.24, 2.45) is 0 Å². The summed E-state index contributed by atoms with van der Waals surface area (Å²) >= 11 is 0. The van der Waals surface area contributed by atoms with Gasteiger partial charge < -0.3 is 20.0 Å². The van der Waals surface area contributed by atoms with E-state index in [9.17, 15) is 9.59 Å². The van der Waals surface area contributed by atoms with E-state index in [1.807, 2.05) is 11.8 Å². The lowest BCUT2D eigenvalue weighted by atomic mass is 10.3. The zero-order chi connectivity index (χ0) is 15.0. The number of carboxylic acids is 1. The zero-order valence-electron chi connectivity index (χ0n) is 12.1. The molecule has 7 heteroatoms. The Bertz CT molecular complexity index is 319. The number of hydrogen-bond donors (Lipinski definition) is 2. The Morgan fingerprint density at radius 3 is 2.50 bits per heavy atom. The van der Waals surface area contributed by atoms with Gasteiger partial charge in [-0.25, -0.2) is 4.79 Å². The van der Waals surface area contributed by atoms with Crippen molar-refractivity contribution in [3.63, 3.8) is 0 Å². The van der Waals surface area contributed by atoms with Crippen molar-refractivity contribution in [3.05, 3.63) is 0 Å². The largest absolute Gasteiger partial charge is 0.480 e. The van der Waals surface area contributed by atoms with Gasteiger partial charge in [0, 0.05) is 39.3 Å². The number of carbonyl (C=O) groups excluding carboxylic acids is 1. The van der Waals surface area contributed by atoms with Crippen LogP contribution in [0.15, 0.2) is 0 Å². The third kappa shape index (κ3) is 5.34. The number of aliphatic carboxylic acids is 1. The Morgan fingerprint density at radius 1 is 1.15 bits per heavy atom. The van der Waals surface area contributed by atoms with E-state index >= 15 is 0 Å². The molecule has 0 spiro atoms. The zero-order valence-corrected chi connectivity index (χ0v) is 12.1. The van der Waals surface area contributed by atoms with Crippen LogP contribution in [0.5, 0.6) is 0 Å². The SMILES string of the molecule is CCCN(CCO)C(=O)N1CCCN(CC(=O)O)CC1. The topological polar surface area (TPSA) is 84.3 Å². The van der Waals surface area contributed by atoms with Gasteiger partial charge in [-0.3, -0.25) is 9.69 Å². The summed E-state index contributed by atoms with van der Waals surface area (Å²) in [7, 11) is 0. The van der Waals surface area contributed by atoms with Crippen molar-refractivity contribution in [1.82, 2.24) is 14.7 Å². The molecule has 1 aliphatic rings. The smallest absolute Gasteiger partial charge is 0.320 e. The normalized spacial score (nSPS) is 16.8. The molecule has 0 unspecified atom stereocenters. The van der Waals surface area contributed by atoms with Crippen LogP contribution in [0, 0.1) is 0 Å². The van der Waals surface area contributed by atoms with Crippen molar-refractivity contribution in [2.75, 3.05) is 52.4 Å². The summed E-state index contributed by atoms with van der Waals surface area (Å²) in [5.41, 5.74) is 0. The molecule has 1 heterocycles. The molecule has 0 aromatic carbocycles. The molecule has 1 fully saturated rings. The highest BCUT2D eigenvalue weighted by molar-refractivity contribution is 5.74. The molecule has 20 heavy (non-hydrogen) atoms. The molecule has 0 saturated carbocycles. The monoisotopic (exact) mass is 287 g/mol. The summed E-state index contributed by atoms with van der Waals surface area (Å²) in [6, 6.07) is -0.0573. The standard InChI is InChI=1S/C13H25N3O4/c1-2-4-15(9-10-17)13(20)16-6-3-5-14(7-8-16)11-12(18)19/h17H,2-11H2,1H3,(H,18,19). The van der Waals surface area contributed by atoms with Crippen LogP contribution in [0.3, 0.4) is 0 Å². The fourth-order valence-electron chi connectivity index (χ4n) is 2.41. The first-order valence-corrected chi connectivity index (χ1v) is 7.17. The lowest BCUT2D eigenvalue weighted by Gasteiger charge is -2.29. The molecule has 2 N–H and O–H groups in total. The van der Waals surface area contributed by atoms with Gasteiger partial charge in [-0.15, -0.1) is 0 Å². The number of aliphatic hydroxyl groups is 1. The predicted octanol–water partition coefficient (Wildman–Crippen LogP) is -0.0970. The van der Waals surface area contributed by atoms with E-state index in [2.05, 4.69) is 0 Å². The van der Waals surface area contributed by atoms with E-state index in [0.717, 1.165) is 12.8 Å². The average Bonchev–Trinajstić information content (AvgIpc) is 2.62. The minimum absolute atomic E-state index is 0.0251. The first kappa shape index (κ1) is 16.7. The van der Waals surface area contributed by atoms with Crippen LogP contribution < -0.4 is 0 Å². The Balaban J connectivity index is 2.53. The molecule has 0 aliphatic carbocycles. The minimum Gasteiger partial charge on any atom is -0.480 e. The van der Waals surface area contributed by atoms with E-state index in [1.54, 1.807) is 9.80 Å². The van der Waals surface area contributed by atoms with Crippen molar-refractivity contribution in [1.29, 1.82) is 0 Å². The highest BCUT2D eigenvalue weighted by Gasteiger charge is 2.23. The molecule has 0 aromatic rings. The van der Waals surface area contributed by atoms with Crippen LogP contribution in [0.2, 0.25) is 0 Å². The molecule has 2 amide bonds. The van der Waals surface area contributed by atoms with Crippen LogP contribution in [0.1, 0.15) is 19.8 Å². The molecule has 116 valence electrons. The number of rotatable bonds is 6. The van der Waals surface area contributed by atoms with E-state index < -0.39 is 5.97 Å². The third-order valence-electron chi connectivity index (χ3n) is 3.35. The van der Waals surface area contributed by atoms with Gasteiger partial charge in [0.1, 0.15) is 0 Å². The fourth-order valence-corrected chi connectivity index (χ4v) is 2.41. The van der Waals surface area contributed by atoms with Crippen LogP contribution >= 0.6 is 0 Å². The number of hydrogen-bond acceptors (Lipinski definition) is 4. The Labute approximate surface area is 119 Å². The van der Waals surface area contributed by atoms with Crippen LogP contribution in [0.25, 0.3) is 0 Å². The number of carbonyl (C=O) groups is 2. The Hall–Kier alpha value is -1.34. The lowest BCUT2D eigenvalue weighted by molar-refractivity contribution is -0.138. The number of nitrogens with zero attached hydrogens (tertiary/aromatic N) is 3. The van der Waals surface area contributed by atoms with Crippen molar-refractivity contribution >= 4 is 12.0 Å². The van der Waals surface area contributed by atoms with Crippen molar-refractivity contribution in [3.8, 4) is 0 Å². The van der Waals surface area contributed by atoms with E-state index in [1.165, 1.54) is 0 Å². The summed E-state index contributed by atoms with van der Waals surface area (Å²) in [6.07, 6.45) is 1.63. The molecule has 0 atom stereocenters. The van der Waals surface area contributed by atoms with Crippen LogP contribution in [0.4, 0.5) is 4.79 Å². The van der Waals surface area contributed by atoms with Crippen LogP contribution in [-0.4, -0.2) is 89.3 Å². The molecule has 1 rings (SSSR count). The van der Waals surface area contributed by atoms with Gasteiger partial charge in [0.25, 0.3) is 0 Å². The Kier molecular flexibility index (Phi) is 7.32. The summed E-state index contributed by atoms with van der Waals surface area (Å²) in [4.78, 5) is 28.4. The van der Waals surface area contributed by atoms with E-state index in [-0.39, 0.29) is 19.2 Å². The average molecular weight is 287 g/mol. The Morgan fingerprint density at radius 2 is 1.90 bits per heavy atom. The van der Waals surface area contributed by atoms with Gasteiger partial charge in [-0.1, -0.05) is 6.92 Å². The molecular formula is C13H25N3O4. The third-order valence-corrected chi connectivity index (χ3v) is 3.35. The second-order valence-electron chi connectivity index (χ2n) is 5.00. The quantitative estimate of drug-likeness (QED) is 0.713. The van der Waals surface area contributed by atoms with Crippen LogP contribution in [-0.2, 0) is 4.79 Å². The van der Waals surface area contributed by atoms with Crippen molar-refractivity contribution < 1.29 is 19.8 Å². The predicted molar refractivity (Wildman–Crippen MR) is 74.6 cm³/mol. The maximum atomic E-state index is 12.4. The van der Waals surface area contributed by atoms with E-state index in [0.29, 0.717) is 39.3 Å². The molecule has 7 nitrogen and oxygen atoms in total. The van der Waals surface area contributed by atoms with Crippen molar-refractivity contribution in [2.45, 2.75) is 19.8 Å². The number of urea groups is 1. The number of aliphatic hydroxyl groups excluding tert-OH is 1. The van der Waals surface area contributed by atoms with Gasteiger partial charge in [0.2, 0.25) is 0 Å². The molecule has 0 radical (unpaired) electrons.